The first-order chi connectivity index (χ1) is 7.16. The fourth-order valence-electron chi connectivity index (χ4n) is 2.17. The van der Waals surface area contributed by atoms with Crippen LogP contribution in [0.1, 0.15) is 54.4 Å². The van der Waals surface area contributed by atoms with Gasteiger partial charge in [0.1, 0.15) is 0 Å². The van der Waals surface area contributed by atoms with E-state index in [0.29, 0.717) is 6.54 Å². The average Bonchev–Trinajstić information content (AvgIpc) is 1.98. The molecule has 3 heteroatoms. The van der Waals surface area contributed by atoms with Gasteiger partial charge in [-0.2, -0.15) is 0 Å². The normalized spacial score (nSPS) is 12.6. The molecule has 0 aromatic carbocycles. The van der Waals surface area contributed by atoms with Crippen molar-refractivity contribution in [1.82, 2.24) is 10.6 Å². The van der Waals surface area contributed by atoms with E-state index in [2.05, 4.69) is 52.2 Å². The van der Waals surface area contributed by atoms with Crippen molar-refractivity contribution in [3.05, 3.63) is 0 Å². The van der Waals surface area contributed by atoms with E-state index in [4.69, 9.17) is 0 Å². The summed E-state index contributed by atoms with van der Waals surface area (Å²) in [5.41, 5.74) is 0.0941. The van der Waals surface area contributed by atoms with E-state index in [1.807, 2.05) is 0 Å². The van der Waals surface area contributed by atoms with E-state index in [1.54, 1.807) is 0 Å². The van der Waals surface area contributed by atoms with Crippen LogP contribution in [-0.2, 0) is 4.79 Å². The third-order valence-electron chi connectivity index (χ3n) is 2.16. The first kappa shape index (κ1) is 15.4. The van der Waals surface area contributed by atoms with Crippen LogP contribution in [-0.4, -0.2) is 24.5 Å². The minimum Gasteiger partial charge on any atom is -0.350 e. The Labute approximate surface area is 100 Å². The van der Waals surface area contributed by atoms with Gasteiger partial charge in [-0.15, -0.1) is 0 Å². The molecule has 0 aromatic heterocycles. The van der Waals surface area contributed by atoms with Gasteiger partial charge in [0.25, 0.3) is 0 Å². The summed E-state index contributed by atoms with van der Waals surface area (Å²) < 4.78 is 0. The molecule has 0 fully saturated rings. The number of nitrogens with one attached hydrogen (secondary N) is 2. The van der Waals surface area contributed by atoms with Gasteiger partial charge in [0.05, 0.1) is 6.54 Å². The van der Waals surface area contributed by atoms with Gasteiger partial charge in [-0.25, -0.2) is 0 Å². The van der Waals surface area contributed by atoms with E-state index in [1.165, 1.54) is 0 Å². The second kappa shape index (κ2) is 6.24. The minimum atomic E-state index is -0.136. The van der Waals surface area contributed by atoms with Gasteiger partial charge >= 0.3 is 0 Å². The first-order valence-electron chi connectivity index (χ1n) is 6.18. The Morgan fingerprint density at radius 1 is 1.12 bits per heavy atom. The maximum absolute atomic E-state index is 11.6. The molecule has 0 aromatic rings. The van der Waals surface area contributed by atoms with Crippen molar-refractivity contribution in [2.75, 3.05) is 13.1 Å². The van der Waals surface area contributed by atoms with Gasteiger partial charge in [0, 0.05) is 5.54 Å². The second-order valence-corrected chi connectivity index (χ2v) is 6.35. The van der Waals surface area contributed by atoms with Crippen molar-refractivity contribution in [3.63, 3.8) is 0 Å². The van der Waals surface area contributed by atoms with E-state index < -0.39 is 0 Å². The molecule has 1 amide bonds. The van der Waals surface area contributed by atoms with Crippen LogP contribution in [0.4, 0.5) is 0 Å². The monoisotopic (exact) mass is 228 g/mol. The molecule has 0 spiro atoms. The predicted octanol–water partition coefficient (Wildman–Crippen LogP) is 2.32. The molecule has 0 atom stereocenters. The first-order valence-corrected chi connectivity index (χ1v) is 6.18. The van der Waals surface area contributed by atoms with E-state index >= 15 is 0 Å². The summed E-state index contributed by atoms with van der Waals surface area (Å²) in [5, 5.41) is 6.18. The number of hydrogen-bond donors (Lipinski definition) is 2. The van der Waals surface area contributed by atoms with Crippen LogP contribution < -0.4 is 10.6 Å². The van der Waals surface area contributed by atoms with Crippen LogP contribution in [0.3, 0.4) is 0 Å². The molecule has 0 aliphatic heterocycles. The summed E-state index contributed by atoms with van der Waals surface area (Å²) in [5.74, 6) is 0.0858. The largest absolute Gasteiger partial charge is 0.350 e. The quantitative estimate of drug-likeness (QED) is 0.685. The molecule has 0 bridgehead atoms. The molecule has 96 valence electrons. The van der Waals surface area contributed by atoms with Gasteiger partial charge in [-0.05, 0) is 38.6 Å². The highest BCUT2D eigenvalue weighted by Gasteiger charge is 2.26. The van der Waals surface area contributed by atoms with Crippen LogP contribution >= 0.6 is 0 Å². The van der Waals surface area contributed by atoms with E-state index in [9.17, 15) is 4.79 Å². The molecular formula is C13H28N2O. The molecule has 0 heterocycles. The number of carbonyl (C=O) groups excluding carboxylic acids is 1. The zero-order valence-corrected chi connectivity index (χ0v) is 11.7. The summed E-state index contributed by atoms with van der Waals surface area (Å²) in [6.45, 7) is 14.1. The summed E-state index contributed by atoms with van der Waals surface area (Å²) in [7, 11) is 0. The smallest absolute Gasteiger partial charge is 0.234 e. The number of amides is 1. The molecule has 16 heavy (non-hydrogen) atoms. The number of carbonyl (C=O) groups is 1. The summed E-state index contributed by atoms with van der Waals surface area (Å²) in [6, 6.07) is 0. The van der Waals surface area contributed by atoms with Gasteiger partial charge in [-0.1, -0.05) is 27.7 Å². The summed E-state index contributed by atoms with van der Waals surface area (Å²) in [4.78, 5) is 11.6. The molecule has 0 radical (unpaired) electrons. The topological polar surface area (TPSA) is 41.1 Å². The Morgan fingerprint density at radius 2 is 1.69 bits per heavy atom. The SMILES string of the molecule is CCCNCC(=O)NC(C)(C)CC(C)(C)C. The predicted molar refractivity (Wildman–Crippen MR) is 69.5 cm³/mol. The Balaban J connectivity index is 4.00. The lowest BCUT2D eigenvalue weighted by atomic mass is 9.82. The van der Waals surface area contributed by atoms with Crippen molar-refractivity contribution >= 4 is 5.91 Å². The van der Waals surface area contributed by atoms with E-state index in [0.717, 1.165) is 19.4 Å². The summed E-state index contributed by atoms with van der Waals surface area (Å²) in [6.07, 6.45) is 2.03. The lowest BCUT2D eigenvalue weighted by Crippen LogP contribution is -2.48. The molecule has 3 nitrogen and oxygen atoms in total. The van der Waals surface area contributed by atoms with Gasteiger partial charge < -0.3 is 10.6 Å². The third kappa shape index (κ3) is 8.72. The Morgan fingerprint density at radius 3 is 2.12 bits per heavy atom. The fraction of sp³-hybridized carbons (Fsp3) is 0.923. The Bertz CT molecular complexity index is 216. The van der Waals surface area contributed by atoms with E-state index in [-0.39, 0.29) is 16.9 Å². The molecule has 0 rings (SSSR count). The molecule has 0 saturated heterocycles. The highest BCUT2D eigenvalue weighted by molar-refractivity contribution is 5.78. The highest BCUT2D eigenvalue weighted by Crippen LogP contribution is 2.26. The second-order valence-electron chi connectivity index (χ2n) is 6.35. The van der Waals surface area contributed by atoms with Crippen LogP contribution in [0.15, 0.2) is 0 Å². The molecule has 0 aliphatic carbocycles. The van der Waals surface area contributed by atoms with Crippen LogP contribution in [0.25, 0.3) is 0 Å². The maximum Gasteiger partial charge on any atom is 0.234 e. The maximum atomic E-state index is 11.6. The summed E-state index contributed by atoms with van der Waals surface area (Å²) >= 11 is 0. The van der Waals surface area contributed by atoms with Crippen molar-refractivity contribution < 1.29 is 4.79 Å². The van der Waals surface area contributed by atoms with Gasteiger partial charge in [0.15, 0.2) is 0 Å². The third-order valence-corrected chi connectivity index (χ3v) is 2.16. The minimum absolute atomic E-state index is 0.0858. The molecular weight excluding hydrogens is 200 g/mol. The molecule has 0 aliphatic rings. The van der Waals surface area contributed by atoms with Crippen molar-refractivity contribution in [2.24, 2.45) is 5.41 Å². The number of rotatable bonds is 6. The zero-order valence-electron chi connectivity index (χ0n) is 11.7. The highest BCUT2D eigenvalue weighted by atomic mass is 16.2. The molecule has 0 unspecified atom stereocenters. The standard InChI is InChI=1S/C13H28N2O/c1-7-8-14-9-11(16)15-13(5,6)10-12(2,3)4/h14H,7-10H2,1-6H3,(H,15,16). The van der Waals surface area contributed by atoms with Gasteiger partial charge in [-0.3, -0.25) is 4.79 Å². The zero-order chi connectivity index (χ0) is 12.8. The van der Waals surface area contributed by atoms with Crippen molar-refractivity contribution in [3.8, 4) is 0 Å². The number of hydrogen-bond acceptors (Lipinski definition) is 2. The molecule has 0 saturated carbocycles. The lowest BCUT2D eigenvalue weighted by molar-refractivity contribution is -0.122. The van der Waals surface area contributed by atoms with Crippen LogP contribution in [0.5, 0.6) is 0 Å². The molecule has 2 N–H and O–H groups in total. The lowest BCUT2D eigenvalue weighted by Gasteiger charge is -2.33. The van der Waals surface area contributed by atoms with Crippen molar-refractivity contribution in [2.45, 2.75) is 59.9 Å². The van der Waals surface area contributed by atoms with Crippen molar-refractivity contribution in [1.29, 1.82) is 0 Å². The van der Waals surface area contributed by atoms with Crippen LogP contribution in [0, 0.1) is 5.41 Å². The van der Waals surface area contributed by atoms with Gasteiger partial charge in [0.2, 0.25) is 5.91 Å². The fourth-order valence-corrected chi connectivity index (χ4v) is 2.17. The Kier molecular flexibility index (Phi) is 6.01. The average molecular weight is 228 g/mol. The van der Waals surface area contributed by atoms with Crippen LogP contribution in [0.2, 0.25) is 0 Å². The Hall–Kier alpha value is -0.570.